The van der Waals surface area contributed by atoms with Gasteiger partial charge in [0.05, 0.1) is 4.90 Å². The molecule has 0 aliphatic carbocycles. The van der Waals surface area contributed by atoms with E-state index in [4.69, 9.17) is 4.42 Å². The number of rotatable bonds is 4. The van der Waals surface area contributed by atoms with Crippen molar-refractivity contribution < 1.29 is 17.6 Å². The van der Waals surface area contributed by atoms with Gasteiger partial charge in [0.15, 0.2) is 15.6 Å². The second-order valence-corrected chi connectivity index (χ2v) is 7.83. The van der Waals surface area contributed by atoms with E-state index < -0.39 is 21.4 Å². The molecule has 5 heteroatoms. The normalized spacial score (nSPS) is 11.8. The second-order valence-electron chi connectivity index (χ2n) is 5.84. The molecule has 0 saturated heterocycles. The van der Waals surface area contributed by atoms with E-state index in [9.17, 15) is 13.2 Å². The zero-order chi connectivity index (χ0) is 17.4. The van der Waals surface area contributed by atoms with Crippen LogP contribution in [0.4, 0.5) is 0 Å². The van der Waals surface area contributed by atoms with E-state index in [0.717, 1.165) is 16.2 Å². The minimum atomic E-state index is -3.75. The Morgan fingerprint density at radius 1 is 0.800 bits per heavy atom. The summed E-state index contributed by atoms with van der Waals surface area (Å²) < 4.78 is 30.7. The standard InChI is InChI=1S/C20H14O4S/c21-18(20-12-16-7-3-4-8-19(16)24-20)13-25(22,23)17-10-9-14-5-1-2-6-15(14)11-17/h1-12H,13H2. The predicted molar refractivity (Wildman–Crippen MR) is 96.5 cm³/mol. The summed E-state index contributed by atoms with van der Waals surface area (Å²) in [5.41, 5.74) is 0.564. The van der Waals surface area contributed by atoms with Crippen molar-refractivity contribution in [1.29, 1.82) is 0 Å². The average Bonchev–Trinajstić information content (AvgIpc) is 3.05. The van der Waals surface area contributed by atoms with Gasteiger partial charge in [0.2, 0.25) is 5.78 Å². The lowest BCUT2D eigenvalue weighted by Crippen LogP contribution is -2.16. The highest BCUT2D eigenvalue weighted by atomic mass is 32.2. The van der Waals surface area contributed by atoms with Gasteiger partial charge in [-0.25, -0.2) is 8.42 Å². The third-order valence-electron chi connectivity index (χ3n) is 4.10. The van der Waals surface area contributed by atoms with Crippen molar-refractivity contribution in [1.82, 2.24) is 0 Å². The summed E-state index contributed by atoms with van der Waals surface area (Å²) in [4.78, 5) is 12.5. The molecule has 0 aliphatic rings. The Balaban J connectivity index is 1.66. The lowest BCUT2D eigenvalue weighted by molar-refractivity contribution is 0.0992. The lowest BCUT2D eigenvalue weighted by Gasteiger charge is -2.05. The maximum absolute atomic E-state index is 12.6. The van der Waals surface area contributed by atoms with E-state index in [2.05, 4.69) is 0 Å². The molecule has 4 rings (SSSR count). The summed E-state index contributed by atoms with van der Waals surface area (Å²) in [6.45, 7) is 0. The average molecular weight is 350 g/mol. The number of hydrogen-bond donors (Lipinski definition) is 0. The van der Waals surface area contributed by atoms with E-state index in [-0.39, 0.29) is 10.7 Å². The van der Waals surface area contributed by atoms with Crippen molar-refractivity contribution in [3.63, 3.8) is 0 Å². The summed E-state index contributed by atoms with van der Waals surface area (Å²) in [5.74, 6) is -1.11. The molecule has 0 saturated carbocycles. The molecule has 4 aromatic rings. The molecule has 0 unspecified atom stereocenters. The highest BCUT2D eigenvalue weighted by Crippen LogP contribution is 2.23. The van der Waals surface area contributed by atoms with Crippen LogP contribution in [0, 0.1) is 0 Å². The van der Waals surface area contributed by atoms with Crippen molar-refractivity contribution in [2.45, 2.75) is 4.90 Å². The smallest absolute Gasteiger partial charge is 0.213 e. The first-order chi connectivity index (χ1) is 12.0. The van der Waals surface area contributed by atoms with Crippen molar-refractivity contribution in [3.05, 3.63) is 78.6 Å². The van der Waals surface area contributed by atoms with Gasteiger partial charge in [0, 0.05) is 5.39 Å². The van der Waals surface area contributed by atoms with Crippen LogP contribution in [0.3, 0.4) is 0 Å². The molecule has 124 valence electrons. The van der Waals surface area contributed by atoms with Crippen LogP contribution in [0.5, 0.6) is 0 Å². The van der Waals surface area contributed by atoms with Crippen molar-refractivity contribution in [2.75, 3.05) is 5.75 Å². The summed E-state index contributed by atoms with van der Waals surface area (Å²) in [5, 5.41) is 2.54. The number of fused-ring (bicyclic) bond motifs is 2. The predicted octanol–water partition coefficient (Wildman–Crippen LogP) is 4.24. The van der Waals surface area contributed by atoms with E-state index in [1.165, 1.54) is 6.07 Å². The van der Waals surface area contributed by atoms with Gasteiger partial charge in [-0.05, 0) is 35.0 Å². The van der Waals surface area contributed by atoms with Crippen LogP contribution in [-0.4, -0.2) is 20.0 Å². The first-order valence-corrected chi connectivity index (χ1v) is 9.41. The van der Waals surface area contributed by atoms with Crippen LogP contribution in [0.25, 0.3) is 21.7 Å². The monoisotopic (exact) mass is 350 g/mol. The number of carbonyl (C=O) groups excluding carboxylic acids is 1. The van der Waals surface area contributed by atoms with Gasteiger partial charge in [0.25, 0.3) is 0 Å². The van der Waals surface area contributed by atoms with Crippen molar-refractivity contribution in [2.24, 2.45) is 0 Å². The molecule has 25 heavy (non-hydrogen) atoms. The molecule has 0 atom stereocenters. The maximum atomic E-state index is 12.6. The number of para-hydroxylation sites is 1. The lowest BCUT2D eigenvalue weighted by atomic mass is 10.1. The van der Waals surface area contributed by atoms with Gasteiger partial charge in [-0.2, -0.15) is 0 Å². The molecular formula is C20H14O4S. The first kappa shape index (κ1) is 15.6. The number of carbonyl (C=O) groups is 1. The van der Waals surface area contributed by atoms with Gasteiger partial charge < -0.3 is 4.42 Å². The fourth-order valence-corrected chi connectivity index (χ4v) is 4.04. The Bertz CT molecular complexity index is 1170. The molecule has 0 radical (unpaired) electrons. The molecule has 0 N–H and O–H groups in total. The summed E-state index contributed by atoms with van der Waals surface area (Å²) in [6.07, 6.45) is 0. The van der Waals surface area contributed by atoms with Gasteiger partial charge in [-0.1, -0.05) is 48.5 Å². The Morgan fingerprint density at radius 3 is 2.24 bits per heavy atom. The van der Waals surface area contributed by atoms with Gasteiger partial charge in [-0.15, -0.1) is 0 Å². The zero-order valence-electron chi connectivity index (χ0n) is 13.2. The van der Waals surface area contributed by atoms with Gasteiger partial charge in [-0.3, -0.25) is 4.79 Å². The number of ketones is 1. The maximum Gasteiger partial charge on any atom is 0.213 e. The Kier molecular flexibility index (Phi) is 3.66. The Labute approximate surface area is 144 Å². The molecule has 0 bridgehead atoms. The minimum Gasteiger partial charge on any atom is -0.453 e. The zero-order valence-corrected chi connectivity index (χ0v) is 14.0. The van der Waals surface area contributed by atoms with Crippen LogP contribution in [0.2, 0.25) is 0 Å². The Morgan fingerprint density at radius 2 is 1.48 bits per heavy atom. The fraction of sp³-hybridized carbons (Fsp3) is 0.0500. The third-order valence-corrected chi connectivity index (χ3v) is 5.72. The highest BCUT2D eigenvalue weighted by molar-refractivity contribution is 7.92. The van der Waals surface area contributed by atoms with E-state index in [1.54, 1.807) is 30.3 Å². The molecule has 0 spiro atoms. The van der Waals surface area contributed by atoms with Crippen LogP contribution in [0.1, 0.15) is 10.6 Å². The van der Waals surface area contributed by atoms with Gasteiger partial charge in [0.1, 0.15) is 11.3 Å². The van der Waals surface area contributed by atoms with Gasteiger partial charge >= 0.3 is 0 Å². The van der Waals surface area contributed by atoms with Crippen LogP contribution in [0.15, 0.2) is 82.1 Å². The molecule has 1 heterocycles. The SMILES string of the molecule is O=C(CS(=O)(=O)c1ccc2ccccc2c1)c1cc2ccccc2o1. The summed E-state index contributed by atoms with van der Waals surface area (Å²) >= 11 is 0. The topological polar surface area (TPSA) is 64.3 Å². The summed E-state index contributed by atoms with van der Waals surface area (Å²) in [7, 11) is -3.75. The number of hydrogen-bond acceptors (Lipinski definition) is 4. The van der Waals surface area contributed by atoms with Crippen LogP contribution < -0.4 is 0 Å². The second kappa shape index (κ2) is 5.86. The first-order valence-electron chi connectivity index (χ1n) is 7.76. The van der Waals surface area contributed by atoms with Crippen LogP contribution >= 0.6 is 0 Å². The summed E-state index contributed by atoms with van der Waals surface area (Å²) in [6, 6.07) is 21.1. The number of Topliss-reactive ketones (excluding diaryl/α,β-unsaturated/α-hetero) is 1. The highest BCUT2D eigenvalue weighted by Gasteiger charge is 2.23. The molecule has 0 aliphatic heterocycles. The van der Waals surface area contributed by atoms with E-state index >= 15 is 0 Å². The largest absolute Gasteiger partial charge is 0.453 e. The fourth-order valence-electron chi connectivity index (χ4n) is 2.81. The molecule has 1 aromatic heterocycles. The van der Waals surface area contributed by atoms with Crippen molar-refractivity contribution >= 4 is 37.4 Å². The molecule has 4 nitrogen and oxygen atoms in total. The van der Waals surface area contributed by atoms with Crippen molar-refractivity contribution in [3.8, 4) is 0 Å². The molecule has 3 aromatic carbocycles. The Hall–Kier alpha value is -2.92. The van der Waals surface area contributed by atoms with E-state index in [1.807, 2.05) is 36.4 Å². The number of benzene rings is 3. The minimum absolute atomic E-state index is 0.0607. The third kappa shape index (κ3) is 2.94. The number of furan rings is 1. The van der Waals surface area contributed by atoms with Crippen LogP contribution in [-0.2, 0) is 9.84 Å². The quantitative estimate of drug-likeness (QED) is 0.516. The number of sulfone groups is 1. The molecule has 0 amide bonds. The molecular weight excluding hydrogens is 336 g/mol. The van der Waals surface area contributed by atoms with E-state index in [0.29, 0.717) is 5.58 Å². The molecule has 0 fully saturated rings.